The molecule has 1 aromatic heterocycles. The third-order valence-electron chi connectivity index (χ3n) is 3.63. The van der Waals surface area contributed by atoms with Crippen molar-refractivity contribution in [3.63, 3.8) is 0 Å². The first-order chi connectivity index (χ1) is 9.70. The fourth-order valence-electron chi connectivity index (χ4n) is 2.50. The SMILES string of the molecule is CCCCCCC(CCCC)c1nccnc1C(=O)O. The molecule has 1 atom stereocenters. The number of rotatable bonds is 10. The van der Waals surface area contributed by atoms with E-state index in [4.69, 9.17) is 0 Å². The lowest BCUT2D eigenvalue weighted by molar-refractivity contribution is 0.0687. The number of hydrogen-bond donors (Lipinski definition) is 1. The van der Waals surface area contributed by atoms with Gasteiger partial charge in [0.15, 0.2) is 5.69 Å². The van der Waals surface area contributed by atoms with E-state index >= 15 is 0 Å². The molecule has 0 bridgehead atoms. The predicted molar refractivity (Wildman–Crippen MR) is 80.0 cm³/mol. The zero-order valence-electron chi connectivity index (χ0n) is 12.6. The average Bonchev–Trinajstić information content (AvgIpc) is 2.46. The second-order valence-corrected chi connectivity index (χ2v) is 5.28. The van der Waals surface area contributed by atoms with Crippen LogP contribution in [0.5, 0.6) is 0 Å². The van der Waals surface area contributed by atoms with Crippen molar-refractivity contribution >= 4 is 5.97 Å². The quantitative estimate of drug-likeness (QED) is 0.643. The molecule has 1 N–H and O–H groups in total. The van der Waals surface area contributed by atoms with E-state index in [1.807, 2.05) is 0 Å². The van der Waals surface area contributed by atoms with E-state index in [-0.39, 0.29) is 11.6 Å². The molecule has 0 aliphatic carbocycles. The Labute approximate surface area is 121 Å². The second-order valence-electron chi connectivity index (χ2n) is 5.28. The van der Waals surface area contributed by atoms with Crippen molar-refractivity contribution in [2.45, 2.75) is 71.1 Å². The molecule has 4 heteroatoms. The molecule has 0 saturated carbocycles. The van der Waals surface area contributed by atoms with Crippen LogP contribution in [0.4, 0.5) is 0 Å². The fourth-order valence-corrected chi connectivity index (χ4v) is 2.50. The molecule has 1 heterocycles. The van der Waals surface area contributed by atoms with Gasteiger partial charge in [0.1, 0.15) is 0 Å². The van der Waals surface area contributed by atoms with Crippen molar-refractivity contribution < 1.29 is 9.90 Å². The molecule has 20 heavy (non-hydrogen) atoms. The summed E-state index contributed by atoms with van der Waals surface area (Å²) in [5.41, 5.74) is 0.800. The Kier molecular flexibility index (Phi) is 7.85. The summed E-state index contributed by atoms with van der Waals surface area (Å²) >= 11 is 0. The standard InChI is InChI=1S/C16H26N2O2/c1-3-5-7-8-10-13(9-6-4-2)14-15(16(19)20)18-12-11-17-14/h11-13H,3-10H2,1-2H3,(H,19,20). The van der Waals surface area contributed by atoms with Gasteiger partial charge in [-0.2, -0.15) is 0 Å². The van der Waals surface area contributed by atoms with Crippen LogP contribution in [0.25, 0.3) is 0 Å². The lowest BCUT2D eigenvalue weighted by Crippen LogP contribution is -2.12. The highest BCUT2D eigenvalue weighted by Gasteiger charge is 2.21. The number of unbranched alkanes of at least 4 members (excludes halogenated alkanes) is 4. The summed E-state index contributed by atoms with van der Waals surface area (Å²) in [6.45, 7) is 4.35. The van der Waals surface area contributed by atoms with Gasteiger partial charge in [0, 0.05) is 18.3 Å². The van der Waals surface area contributed by atoms with Gasteiger partial charge in [-0.3, -0.25) is 4.98 Å². The molecule has 1 unspecified atom stereocenters. The Hall–Kier alpha value is -1.45. The van der Waals surface area contributed by atoms with Gasteiger partial charge in [-0.15, -0.1) is 0 Å². The minimum Gasteiger partial charge on any atom is -0.476 e. The topological polar surface area (TPSA) is 63.1 Å². The van der Waals surface area contributed by atoms with Gasteiger partial charge >= 0.3 is 5.97 Å². The van der Waals surface area contributed by atoms with Crippen LogP contribution >= 0.6 is 0 Å². The van der Waals surface area contributed by atoms with E-state index in [1.165, 1.54) is 25.5 Å². The first-order valence-electron chi connectivity index (χ1n) is 7.74. The molecular formula is C16H26N2O2. The van der Waals surface area contributed by atoms with E-state index in [0.717, 1.165) is 32.1 Å². The third-order valence-corrected chi connectivity index (χ3v) is 3.63. The molecule has 4 nitrogen and oxygen atoms in total. The molecule has 0 radical (unpaired) electrons. The first kappa shape index (κ1) is 16.6. The number of aromatic carboxylic acids is 1. The van der Waals surface area contributed by atoms with Gasteiger partial charge in [0.25, 0.3) is 0 Å². The highest BCUT2D eigenvalue weighted by Crippen LogP contribution is 2.28. The highest BCUT2D eigenvalue weighted by molar-refractivity contribution is 5.86. The van der Waals surface area contributed by atoms with Crippen LogP contribution in [-0.2, 0) is 0 Å². The number of carboxylic acid groups (broad SMARTS) is 1. The van der Waals surface area contributed by atoms with Gasteiger partial charge in [0.2, 0.25) is 0 Å². The van der Waals surface area contributed by atoms with Crippen LogP contribution in [0.15, 0.2) is 12.4 Å². The van der Waals surface area contributed by atoms with Crippen LogP contribution in [0.2, 0.25) is 0 Å². The molecule has 0 aliphatic heterocycles. The molecule has 0 aliphatic rings. The van der Waals surface area contributed by atoms with E-state index in [9.17, 15) is 9.90 Å². The van der Waals surface area contributed by atoms with Crippen LogP contribution in [0, 0.1) is 0 Å². The molecule has 1 aromatic rings. The monoisotopic (exact) mass is 278 g/mol. The van der Waals surface area contributed by atoms with Crippen molar-refractivity contribution in [2.75, 3.05) is 0 Å². The first-order valence-corrected chi connectivity index (χ1v) is 7.74. The van der Waals surface area contributed by atoms with Crippen LogP contribution in [0.3, 0.4) is 0 Å². The van der Waals surface area contributed by atoms with E-state index in [2.05, 4.69) is 23.8 Å². The molecule has 0 fully saturated rings. The van der Waals surface area contributed by atoms with Gasteiger partial charge in [-0.1, -0.05) is 52.4 Å². The lowest BCUT2D eigenvalue weighted by atomic mass is 9.91. The Balaban J connectivity index is 2.78. The molecule has 112 valence electrons. The maximum Gasteiger partial charge on any atom is 0.356 e. The number of hydrogen-bond acceptors (Lipinski definition) is 3. The zero-order chi connectivity index (χ0) is 14.8. The Morgan fingerprint density at radius 3 is 2.35 bits per heavy atom. The van der Waals surface area contributed by atoms with Gasteiger partial charge < -0.3 is 5.11 Å². The van der Waals surface area contributed by atoms with Crippen molar-refractivity contribution in [3.05, 3.63) is 23.8 Å². The number of aromatic nitrogens is 2. The molecule has 0 saturated heterocycles. The summed E-state index contributed by atoms with van der Waals surface area (Å²) in [5, 5.41) is 9.25. The third kappa shape index (κ3) is 5.27. The van der Waals surface area contributed by atoms with Gasteiger partial charge in [-0.05, 0) is 12.8 Å². The lowest BCUT2D eigenvalue weighted by Gasteiger charge is -2.17. The Morgan fingerprint density at radius 1 is 1.05 bits per heavy atom. The normalized spacial score (nSPS) is 12.3. The summed E-state index contributed by atoms with van der Waals surface area (Å²) in [6, 6.07) is 0. The van der Waals surface area contributed by atoms with E-state index < -0.39 is 5.97 Å². The number of nitrogens with zero attached hydrogens (tertiary/aromatic N) is 2. The highest BCUT2D eigenvalue weighted by atomic mass is 16.4. The molecule has 0 aromatic carbocycles. The Morgan fingerprint density at radius 2 is 1.70 bits per heavy atom. The van der Waals surface area contributed by atoms with Crippen molar-refractivity contribution in [1.82, 2.24) is 9.97 Å². The summed E-state index contributed by atoms with van der Waals surface area (Å²) in [6.07, 6.45) is 12.1. The van der Waals surface area contributed by atoms with Gasteiger partial charge in [0.05, 0.1) is 5.69 Å². The number of carboxylic acids is 1. The van der Waals surface area contributed by atoms with E-state index in [0.29, 0.717) is 5.69 Å². The Bertz CT molecular complexity index is 407. The number of carbonyl (C=O) groups is 1. The van der Waals surface area contributed by atoms with Crippen molar-refractivity contribution in [1.29, 1.82) is 0 Å². The van der Waals surface area contributed by atoms with Crippen LogP contribution < -0.4 is 0 Å². The molecule has 1 rings (SSSR count). The van der Waals surface area contributed by atoms with Crippen LogP contribution in [0.1, 0.15) is 87.3 Å². The van der Waals surface area contributed by atoms with E-state index in [1.54, 1.807) is 6.20 Å². The minimum absolute atomic E-state index is 0.129. The fraction of sp³-hybridized carbons (Fsp3) is 0.688. The largest absolute Gasteiger partial charge is 0.476 e. The summed E-state index contributed by atoms with van der Waals surface area (Å²) in [4.78, 5) is 19.6. The van der Waals surface area contributed by atoms with Gasteiger partial charge in [-0.25, -0.2) is 9.78 Å². The van der Waals surface area contributed by atoms with Crippen molar-refractivity contribution in [3.8, 4) is 0 Å². The molecule has 0 amide bonds. The maximum atomic E-state index is 11.3. The minimum atomic E-state index is -0.969. The second kappa shape index (κ2) is 9.45. The maximum absolute atomic E-state index is 11.3. The summed E-state index contributed by atoms with van der Waals surface area (Å²) in [7, 11) is 0. The zero-order valence-corrected chi connectivity index (χ0v) is 12.6. The smallest absolute Gasteiger partial charge is 0.356 e. The summed E-state index contributed by atoms with van der Waals surface area (Å²) in [5.74, 6) is -0.741. The molecular weight excluding hydrogens is 252 g/mol. The predicted octanol–water partition coefficient (Wildman–Crippen LogP) is 4.42. The average molecular weight is 278 g/mol. The summed E-state index contributed by atoms with van der Waals surface area (Å²) < 4.78 is 0. The molecule has 0 spiro atoms. The van der Waals surface area contributed by atoms with Crippen molar-refractivity contribution in [2.24, 2.45) is 0 Å². The van der Waals surface area contributed by atoms with Crippen LogP contribution in [-0.4, -0.2) is 21.0 Å².